The Morgan fingerprint density at radius 3 is 2.58 bits per heavy atom. The second kappa shape index (κ2) is 8.96. The van der Waals surface area contributed by atoms with Crippen LogP contribution in [0.25, 0.3) is 10.8 Å². The number of hydrogen-bond acceptors (Lipinski definition) is 5. The maximum Gasteiger partial charge on any atom is 0.328 e. The minimum absolute atomic E-state index is 0.0327. The van der Waals surface area contributed by atoms with E-state index in [0.29, 0.717) is 24.3 Å². The third-order valence-corrected chi connectivity index (χ3v) is 7.26. The van der Waals surface area contributed by atoms with Crippen molar-refractivity contribution in [3.05, 3.63) is 75.1 Å². The van der Waals surface area contributed by atoms with Crippen LogP contribution in [-0.4, -0.2) is 50.5 Å². The minimum atomic E-state index is -1.03. The van der Waals surface area contributed by atoms with Crippen LogP contribution < -0.4 is 21.3 Å². The largest absolute Gasteiger partial charge is 0.478 e. The number of nitrogens with one attached hydrogen (secondary N) is 2. The van der Waals surface area contributed by atoms with Crippen molar-refractivity contribution >= 4 is 22.6 Å². The number of aromatic nitrogens is 2. The lowest BCUT2D eigenvalue weighted by Gasteiger charge is -2.37. The number of fused-ring (bicyclic) bond motifs is 3. The van der Waals surface area contributed by atoms with Crippen molar-refractivity contribution in [2.45, 2.75) is 57.8 Å². The van der Waals surface area contributed by atoms with Gasteiger partial charge < -0.3 is 15.0 Å². The van der Waals surface area contributed by atoms with E-state index in [9.17, 15) is 19.2 Å². The average Bonchev–Trinajstić information content (AvgIpc) is 3.42. The maximum atomic E-state index is 13.4. The zero-order valence-corrected chi connectivity index (χ0v) is 20.6. The summed E-state index contributed by atoms with van der Waals surface area (Å²) in [7, 11) is 0. The molecule has 9 heteroatoms. The van der Waals surface area contributed by atoms with Gasteiger partial charge in [-0.05, 0) is 62.4 Å². The van der Waals surface area contributed by atoms with Gasteiger partial charge in [0.15, 0.2) is 5.60 Å². The number of benzene rings is 2. The normalized spacial score (nSPS) is 21.1. The summed E-state index contributed by atoms with van der Waals surface area (Å²) in [6, 6.07) is 13.8. The van der Waals surface area contributed by atoms with Gasteiger partial charge in [-0.2, -0.15) is 0 Å². The number of aromatic amines is 1. The van der Waals surface area contributed by atoms with Gasteiger partial charge in [0.1, 0.15) is 12.3 Å². The molecule has 188 valence electrons. The Kier molecular flexibility index (Phi) is 5.94. The summed E-state index contributed by atoms with van der Waals surface area (Å²) >= 11 is 0. The molecule has 9 nitrogen and oxygen atoms in total. The molecule has 0 unspecified atom stereocenters. The van der Waals surface area contributed by atoms with Crippen LogP contribution in [-0.2, 0) is 16.1 Å². The van der Waals surface area contributed by atoms with E-state index in [-0.39, 0.29) is 36.4 Å². The smallest absolute Gasteiger partial charge is 0.328 e. The Balaban J connectivity index is 1.20. The van der Waals surface area contributed by atoms with Crippen molar-refractivity contribution in [2.24, 2.45) is 5.92 Å². The van der Waals surface area contributed by atoms with Crippen LogP contribution in [0.2, 0.25) is 0 Å². The molecule has 1 saturated carbocycles. The van der Waals surface area contributed by atoms with Gasteiger partial charge in [-0.3, -0.25) is 23.9 Å². The SMILES string of the molecule is Cc1cn(CC(=O)N[C@@H]2C[C@H]3C[C@@H]2CN3C(=O)C(C)(C)Oc2ccc3ccccc3c2)c(=O)[nH]c1=O. The molecule has 2 bridgehead atoms. The molecule has 2 amide bonds. The van der Waals surface area contributed by atoms with Crippen molar-refractivity contribution < 1.29 is 14.3 Å². The van der Waals surface area contributed by atoms with E-state index >= 15 is 0 Å². The van der Waals surface area contributed by atoms with Crippen LogP contribution in [0.15, 0.2) is 58.3 Å². The first-order valence-corrected chi connectivity index (χ1v) is 12.2. The van der Waals surface area contributed by atoms with E-state index in [1.807, 2.05) is 47.4 Å². The van der Waals surface area contributed by atoms with E-state index in [4.69, 9.17) is 4.74 Å². The van der Waals surface area contributed by atoms with Gasteiger partial charge in [0.25, 0.3) is 11.5 Å². The van der Waals surface area contributed by atoms with E-state index < -0.39 is 16.9 Å². The molecule has 2 fully saturated rings. The number of aryl methyl sites for hydroxylation is 1. The summed E-state index contributed by atoms with van der Waals surface area (Å²) in [5.41, 5.74) is -1.74. The van der Waals surface area contributed by atoms with Crippen molar-refractivity contribution in [3.63, 3.8) is 0 Å². The maximum absolute atomic E-state index is 13.4. The highest BCUT2D eigenvalue weighted by molar-refractivity contribution is 5.87. The van der Waals surface area contributed by atoms with Gasteiger partial charge in [0, 0.05) is 30.4 Å². The monoisotopic (exact) mass is 490 g/mol. The molecule has 3 aromatic rings. The van der Waals surface area contributed by atoms with Crippen molar-refractivity contribution in [1.82, 2.24) is 19.8 Å². The number of H-pyrrole nitrogens is 1. The summed E-state index contributed by atoms with van der Waals surface area (Å²) in [6.07, 6.45) is 2.87. The molecule has 0 radical (unpaired) electrons. The number of hydrogen-bond donors (Lipinski definition) is 2. The van der Waals surface area contributed by atoms with E-state index in [1.165, 1.54) is 10.8 Å². The average molecular weight is 491 g/mol. The first-order valence-electron chi connectivity index (χ1n) is 12.2. The molecular formula is C27H30N4O5. The summed E-state index contributed by atoms with van der Waals surface area (Å²) in [5, 5.41) is 5.18. The highest BCUT2D eigenvalue weighted by Gasteiger charge is 2.50. The third-order valence-electron chi connectivity index (χ3n) is 7.26. The van der Waals surface area contributed by atoms with Gasteiger partial charge >= 0.3 is 5.69 Å². The molecule has 0 spiro atoms. The fraction of sp³-hybridized carbons (Fsp3) is 0.407. The topological polar surface area (TPSA) is 114 Å². The van der Waals surface area contributed by atoms with Gasteiger partial charge in [0.2, 0.25) is 5.91 Å². The summed E-state index contributed by atoms with van der Waals surface area (Å²) in [6.45, 7) is 5.55. The van der Waals surface area contributed by atoms with Gasteiger partial charge in [-0.1, -0.05) is 30.3 Å². The first kappa shape index (κ1) is 23.8. The molecule has 1 saturated heterocycles. The molecule has 5 rings (SSSR count). The molecule has 1 aliphatic carbocycles. The molecule has 2 aromatic carbocycles. The highest BCUT2D eigenvalue weighted by Crippen LogP contribution is 2.39. The lowest BCUT2D eigenvalue weighted by Crippen LogP contribution is -2.54. The molecule has 2 heterocycles. The van der Waals surface area contributed by atoms with Gasteiger partial charge in [-0.25, -0.2) is 4.79 Å². The Morgan fingerprint density at radius 1 is 1.11 bits per heavy atom. The lowest BCUT2D eigenvalue weighted by molar-refractivity contribution is -0.147. The molecule has 1 aliphatic heterocycles. The predicted molar refractivity (Wildman–Crippen MR) is 135 cm³/mol. The number of piperidine rings is 1. The molecule has 2 N–H and O–H groups in total. The first-order chi connectivity index (χ1) is 17.1. The van der Waals surface area contributed by atoms with Crippen LogP contribution in [0.4, 0.5) is 0 Å². The standard InChI is InChI=1S/C27H30N4O5/c1-16-13-30(26(35)29-24(16)33)15-23(32)28-22-12-20-10-19(22)14-31(20)25(34)27(2,3)36-21-9-8-17-6-4-5-7-18(17)11-21/h4-9,11,13,19-20,22H,10,12,14-15H2,1-3H3,(H,28,32)(H,29,33,35)/t19-,20-,22-/m1/s1. The van der Waals surface area contributed by atoms with Crippen molar-refractivity contribution in [2.75, 3.05) is 6.54 Å². The molecular weight excluding hydrogens is 460 g/mol. The van der Waals surface area contributed by atoms with Crippen LogP contribution in [0.5, 0.6) is 5.75 Å². The number of amides is 2. The van der Waals surface area contributed by atoms with E-state index in [1.54, 1.807) is 20.8 Å². The van der Waals surface area contributed by atoms with E-state index in [2.05, 4.69) is 10.3 Å². The zero-order chi connectivity index (χ0) is 25.6. The summed E-state index contributed by atoms with van der Waals surface area (Å²) in [4.78, 5) is 53.6. The zero-order valence-electron chi connectivity index (χ0n) is 20.6. The molecule has 3 atom stereocenters. The third kappa shape index (κ3) is 4.53. The highest BCUT2D eigenvalue weighted by atomic mass is 16.5. The molecule has 36 heavy (non-hydrogen) atoms. The number of carbonyl (C=O) groups excluding carboxylic acids is 2. The lowest BCUT2D eigenvalue weighted by atomic mass is 10.0. The number of rotatable bonds is 6. The minimum Gasteiger partial charge on any atom is -0.478 e. The predicted octanol–water partition coefficient (Wildman–Crippen LogP) is 1.96. The van der Waals surface area contributed by atoms with Crippen LogP contribution in [0.1, 0.15) is 32.3 Å². The Morgan fingerprint density at radius 2 is 1.86 bits per heavy atom. The molecule has 2 aliphatic rings. The molecule has 1 aromatic heterocycles. The Labute approximate surface area is 208 Å². The van der Waals surface area contributed by atoms with Crippen molar-refractivity contribution in [3.8, 4) is 5.75 Å². The van der Waals surface area contributed by atoms with E-state index in [0.717, 1.165) is 17.2 Å². The number of carbonyl (C=O) groups is 2. The van der Waals surface area contributed by atoms with Crippen LogP contribution in [0, 0.1) is 12.8 Å². The Hall–Kier alpha value is -3.88. The number of nitrogens with zero attached hydrogens (tertiary/aromatic N) is 2. The number of ether oxygens (including phenoxy) is 1. The van der Waals surface area contributed by atoms with Crippen LogP contribution in [0.3, 0.4) is 0 Å². The summed E-state index contributed by atoms with van der Waals surface area (Å²) < 4.78 is 7.36. The Bertz CT molecular complexity index is 1460. The van der Waals surface area contributed by atoms with Gasteiger partial charge in [0.05, 0.1) is 0 Å². The quantitative estimate of drug-likeness (QED) is 0.549. The second-order valence-corrected chi connectivity index (χ2v) is 10.3. The summed E-state index contributed by atoms with van der Waals surface area (Å²) in [5.74, 6) is 0.435. The van der Waals surface area contributed by atoms with Crippen molar-refractivity contribution in [1.29, 1.82) is 0 Å². The van der Waals surface area contributed by atoms with Gasteiger partial charge in [-0.15, -0.1) is 0 Å². The van der Waals surface area contributed by atoms with Crippen LogP contribution >= 0.6 is 0 Å². The second-order valence-electron chi connectivity index (χ2n) is 10.3. The fourth-order valence-corrected chi connectivity index (χ4v) is 5.44. The fourth-order valence-electron chi connectivity index (χ4n) is 5.44. The number of likely N-dealkylation sites (tertiary alicyclic amines) is 1.